The summed E-state index contributed by atoms with van der Waals surface area (Å²) in [6, 6.07) is 9.59. The molecule has 1 aromatic heterocycles. The van der Waals surface area contributed by atoms with Gasteiger partial charge in [0.05, 0.1) is 6.54 Å². The van der Waals surface area contributed by atoms with Crippen molar-refractivity contribution in [3.63, 3.8) is 0 Å². The molecule has 0 aliphatic rings. The third kappa shape index (κ3) is 3.20. The van der Waals surface area contributed by atoms with Gasteiger partial charge in [-0.1, -0.05) is 35.5 Å². The number of anilines is 1. The van der Waals surface area contributed by atoms with E-state index in [0.717, 1.165) is 5.56 Å². The number of aryl methyl sites for hydroxylation is 1. The number of hydrogen-bond donors (Lipinski definition) is 1. The molecule has 0 aliphatic heterocycles. The summed E-state index contributed by atoms with van der Waals surface area (Å²) in [6.45, 7) is 2.13. The lowest BCUT2D eigenvalue weighted by Gasteiger charge is -2.10. The van der Waals surface area contributed by atoms with Gasteiger partial charge in [0.15, 0.2) is 5.76 Å². The number of aromatic nitrogens is 1. The van der Waals surface area contributed by atoms with Gasteiger partial charge < -0.3 is 14.7 Å². The number of nitrogens with one attached hydrogen (secondary N) is 1. The van der Waals surface area contributed by atoms with E-state index in [2.05, 4.69) is 10.5 Å². The summed E-state index contributed by atoms with van der Waals surface area (Å²) in [7, 11) is 3.69. The fourth-order valence-corrected chi connectivity index (χ4v) is 1.77. The van der Waals surface area contributed by atoms with E-state index in [1.165, 1.54) is 0 Å². The minimum absolute atomic E-state index is 0.0894. The van der Waals surface area contributed by atoms with Crippen molar-refractivity contribution in [2.24, 2.45) is 0 Å². The maximum absolute atomic E-state index is 11.8. The van der Waals surface area contributed by atoms with Gasteiger partial charge in [0.1, 0.15) is 11.4 Å². The third-order valence-corrected chi connectivity index (χ3v) is 2.62. The zero-order valence-electron chi connectivity index (χ0n) is 11.3. The molecule has 0 aliphatic carbocycles. The molecule has 1 aromatic carbocycles. The Morgan fingerprint density at radius 2 is 2.00 bits per heavy atom. The highest BCUT2D eigenvalue weighted by molar-refractivity contribution is 5.96. The van der Waals surface area contributed by atoms with Crippen molar-refractivity contribution < 1.29 is 9.32 Å². The Morgan fingerprint density at radius 1 is 1.32 bits per heavy atom. The van der Waals surface area contributed by atoms with Crippen LogP contribution in [0.1, 0.15) is 5.69 Å². The van der Waals surface area contributed by atoms with E-state index in [1.54, 1.807) is 11.8 Å². The van der Waals surface area contributed by atoms with Crippen molar-refractivity contribution in [2.75, 3.05) is 26.0 Å². The van der Waals surface area contributed by atoms with Crippen molar-refractivity contribution in [1.29, 1.82) is 0 Å². The zero-order chi connectivity index (χ0) is 13.8. The molecule has 2 aromatic rings. The summed E-state index contributed by atoms with van der Waals surface area (Å²) in [4.78, 5) is 13.6. The molecule has 1 amide bonds. The monoisotopic (exact) mass is 259 g/mol. The van der Waals surface area contributed by atoms with Crippen LogP contribution in [0.2, 0.25) is 0 Å². The Kier molecular flexibility index (Phi) is 3.97. The molecule has 5 nitrogen and oxygen atoms in total. The quantitative estimate of drug-likeness (QED) is 0.914. The summed E-state index contributed by atoms with van der Waals surface area (Å²) in [5.41, 5.74) is 2.20. The van der Waals surface area contributed by atoms with Gasteiger partial charge >= 0.3 is 0 Å². The molecule has 0 bridgehead atoms. The van der Waals surface area contributed by atoms with E-state index in [1.807, 2.05) is 44.4 Å². The summed E-state index contributed by atoms with van der Waals surface area (Å²) >= 11 is 0. The molecule has 19 heavy (non-hydrogen) atoms. The maximum atomic E-state index is 11.8. The molecule has 0 radical (unpaired) electrons. The minimum Gasteiger partial charge on any atom is -0.354 e. The average molecular weight is 259 g/mol. The largest absolute Gasteiger partial charge is 0.354 e. The van der Waals surface area contributed by atoms with Crippen molar-refractivity contribution in [3.05, 3.63) is 36.0 Å². The fourth-order valence-electron chi connectivity index (χ4n) is 1.77. The Labute approximate surface area is 112 Å². The summed E-state index contributed by atoms with van der Waals surface area (Å²) in [5.74, 6) is 0.499. The van der Waals surface area contributed by atoms with Crippen LogP contribution >= 0.6 is 0 Å². The number of amides is 1. The van der Waals surface area contributed by atoms with Gasteiger partial charge in [-0.2, -0.15) is 0 Å². The molecule has 2 rings (SSSR count). The van der Waals surface area contributed by atoms with E-state index in [4.69, 9.17) is 4.52 Å². The fraction of sp³-hybridized carbons (Fsp3) is 0.286. The van der Waals surface area contributed by atoms with Gasteiger partial charge in [0.2, 0.25) is 5.91 Å². The van der Waals surface area contributed by atoms with Crippen molar-refractivity contribution in [3.8, 4) is 11.3 Å². The molecule has 0 saturated carbocycles. The lowest BCUT2D eigenvalue weighted by molar-refractivity contribution is -0.116. The smallest absolute Gasteiger partial charge is 0.238 e. The normalized spacial score (nSPS) is 10.7. The number of hydrogen-bond acceptors (Lipinski definition) is 4. The Bertz CT molecular complexity index is 561. The Balaban J connectivity index is 2.26. The van der Waals surface area contributed by atoms with Gasteiger partial charge in [-0.3, -0.25) is 4.79 Å². The second-order valence-corrected chi connectivity index (χ2v) is 4.62. The number of rotatable bonds is 4. The van der Waals surface area contributed by atoms with Crippen LogP contribution in [0.15, 0.2) is 34.9 Å². The molecule has 100 valence electrons. The lowest BCUT2D eigenvalue weighted by Crippen LogP contribution is -2.27. The first-order valence-corrected chi connectivity index (χ1v) is 6.04. The number of carbonyl (C=O) groups excluding carboxylic acids is 1. The highest BCUT2D eigenvalue weighted by Gasteiger charge is 2.17. The van der Waals surface area contributed by atoms with Gasteiger partial charge in [-0.05, 0) is 21.0 Å². The van der Waals surface area contributed by atoms with Crippen molar-refractivity contribution in [1.82, 2.24) is 10.1 Å². The van der Waals surface area contributed by atoms with E-state index in [0.29, 0.717) is 23.7 Å². The molecule has 1 heterocycles. The van der Waals surface area contributed by atoms with Crippen LogP contribution in [0.25, 0.3) is 11.3 Å². The summed E-state index contributed by atoms with van der Waals surface area (Å²) in [5, 5.41) is 6.77. The molecule has 0 saturated heterocycles. The minimum atomic E-state index is -0.0894. The molecule has 0 unspecified atom stereocenters. The van der Waals surface area contributed by atoms with Crippen LogP contribution in [0.4, 0.5) is 5.69 Å². The molecule has 0 atom stereocenters. The van der Waals surface area contributed by atoms with Crippen molar-refractivity contribution >= 4 is 11.6 Å². The summed E-state index contributed by atoms with van der Waals surface area (Å²) < 4.78 is 5.31. The summed E-state index contributed by atoms with van der Waals surface area (Å²) in [6.07, 6.45) is 0. The SMILES string of the molecule is Cc1noc(-c2ccccc2)c1NC(=O)CN(C)C. The first kappa shape index (κ1) is 13.3. The van der Waals surface area contributed by atoms with E-state index in [9.17, 15) is 4.79 Å². The topological polar surface area (TPSA) is 58.4 Å². The van der Waals surface area contributed by atoms with Gasteiger partial charge in [0.25, 0.3) is 0 Å². The molecular formula is C14H17N3O2. The average Bonchev–Trinajstić information content (AvgIpc) is 2.71. The predicted octanol–water partition coefficient (Wildman–Crippen LogP) is 2.15. The van der Waals surface area contributed by atoms with Gasteiger partial charge in [-0.25, -0.2) is 0 Å². The van der Waals surface area contributed by atoms with Gasteiger partial charge in [0, 0.05) is 5.56 Å². The second-order valence-electron chi connectivity index (χ2n) is 4.62. The molecular weight excluding hydrogens is 242 g/mol. The number of carbonyl (C=O) groups is 1. The third-order valence-electron chi connectivity index (χ3n) is 2.62. The first-order chi connectivity index (χ1) is 9.08. The molecule has 0 spiro atoms. The van der Waals surface area contributed by atoms with E-state index < -0.39 is 0 Å². The number of benzene rings is 1. The van der Waals surface area contributed by atoms with E-state index >= 15 is 0 Å². The Morgan fingerprint density at radius 3 is 2.63 bits per heavy atom. The first-order valence-electron chi connectivity index (χ1n) is 6.04. The van der Waals surface area contributed by atoms with Gasteiger partial charge in [-0.15, -0.1) is 0 Å². The standard InChI is InChI=1S/C14H17N3O2/c1-10-13(15-12(18)9-17(2)3)14(19-16-10)11-7-5-4-6-8-11/h4-8H,9H2,1-3H3,(H,15,18). The Hall–Kier alpha value is -2.14. The van der Waals surface area contributed by atoms with E-state index in [-0.39, 0.29) is 5.91 Å². The van der Waals surface area contributed by atoms with Crippen LogP contribution in [0, 0.1) is 6.92 Å². The number of nitrogens with zero attached hydrogens (tertiary/aromatic N) is 2. The lowest BCUT2D eigenvalue weighted by atomic mass is 10.1. The molecule has 1 N–H and O–H groups in total. The van der Waals surface area contributed by atoms with Crippen LogP contribution in [0.3, 0.4) is 0 Å². The molecule has 5 heteroatoms. The van der Waals surface area contributed by atoms with Crippen LogP contribution in [0.5, 0.6) is 0 Å². The van der Waals surface area contributed by atoms with Crippen LogP contribution < -0.4 is 5.32 Å². The molecule has 0 fully saturated rings. The second kappa shape index (κ2) is 5.67. The van der Waals surface area contributed by atoms with Crippen LogP contribution in [-0.2, 0) is 4.79 Å². The predicted molar refractivity (Wildman–Crippen MR) is 73.9 cm³/mol. The number of likely N-dealkylation sites (N-methyl/N-ethyl adjacent to an activating group) is 1. The highest BCUT2D eigenvalue weighted by atomic mass is 16.5. The zero-order valence-corrected chi connectivity index (χ0v) is 11.3. The highest BCUT2D eigenvalue weighted by Crippen LogP contribution is 2.30. The maximum Gasteiger partial charge on any atom is 0.238 e. The van der Waals surface area contributed by atoms with Crippen LogP contribution in [-0.4, -0.2) is 36.6 Å². The van der Waals surface area contributed by atoms with Crippen molar-refractivity contribution in [2.45, 2.75) is 6.92 Å².